The van der Waals surface area contributed by atoms with Crippen molar-refractivity contribution in [2.75, 3.05) is 0 Å². The Bertz CT molecular complexity index is 407. The molecule has 4 unspecified atom stereocenters. The van der Waals surface area contributed by atoms with Crippen LogP contribution in [-0.2, 0) is 0 Å². The van der Waals surface area contributed by atoms with E-state index in [4.69, 9.17) is 4.74 Å². The second kappa shape index (κ2) is 5.27. The smallest absolute Gasteiger partial charge is 0.127 e. The molecule has 1 aromatic carbocycles. The van der Waals surface area contributed by atoms with E-state index in [2.05, 4.69) is 13.8 Å². The molecule has 100 valence electrons. The van der Waals surface area contributed by atoms with Crippen LogP contribution in [0.4, 0.5) is 4.39 Å². The molecule has 1 fully saturated rings. The first-order valence-corrected chi connectivity index (χ1v) is 6.58. The average molecular weight is 252 g/mol. The highest BCUT2D eigenvalue weighted by molar-refractivity contribution is 5.29. The topological polar surface area (TPSA) is 29.5 Å². The summed E-state index contributed by atoms with van der Waals surface area (Å²) in [6, 6.07) is 4.72. The number of aliphatic hydroxyl groups is 1. The molecule has 4 atom stereocenters. The Morgan fingerprint density at radius 2 is 2.00 bits per heavy atom. The summed E-state index contributed by atoms with van der Waals surface area (Å²) in [4.78, 5) is 0. The lowest BCUT2D eigenvalue weighted by molar-refractivity contribution is -0.0389. The molecule has 1 aromatic rings. The van der Waals surface area contributed by atoms with E-state index in [0.29, 0.717) is 23.1 Å². The van der Waals surface area contributed by atoms with Gasteiger partial charge in [-0.3, -0.25) is 0 Å². The number of rotatable bonds is 2. The van der Waals surface area contributed by atoms with Crippen molar-refractivity contribution >= 4 is 0 Å². The van der Waals surface area contributed by atoms with Gasteiger partial charge >= 0.3 is 0 Å². The molecule has 0 saturated heterocycles. The van der Waals surface area contributed by atoms with Crippen molar-refractivity contribution in [3.8, 4) is 5.75 Å². The number of hydrogen-bond donors (Lipinski definition) is 1. The van der Waals surface area contributed by atoms with Gasteiger partial charge in [0.2, 0.25) is 0 Å². The molecule has 1 aliphatic carbocycles. The normalized spacial score (nSPS) is 32.3. The third-order valence-corrected chi connectivity index (χ3v) is 3.76. The maximum absolute atomic E-state index is 13.2. The third kappa shape index (κ3) is 2.83. The fourth-order valence-electron chi connectivity index (χ4n) is 2.83. The first-order valence-electron chi connectivity index (χ1n) is 6.58. The monoisotopic (exact) mass is 252 g/mol. The molecule has 1 saturated carbocycles. The predicted molar refractivity (Wildman–Crippen MR) is 69.1 cm³/mol. The molecule has 3 heteroatoms. The van der Waals surface area contributed by atoms with Gasteiger partial charge in [-0.2, -0.15) is 0 Å². The van der Waals surface area contributed by atoms with Crippen molar-refractivity contribution in [2.24, 2.45) is 11.8 Å². The summed E-state index contributed by atoms with van der Waals surface area (Å²) >= 11 is 0. The fraction of sp³-hybridized carbons (Fsp3) is 0.600. The second-order valence-electron chi connectivity index (χ2n) is 5.61. The molecular weight excluding hydrogens is 231 g/mol. The van der Waals surface area contributed by atoms with Crippen LogP contribution in [0.2, 0.25) is 0 Å². The highest BCUT2D eigenvalue weighted by Gasteiger charge is 2.34. The summed E-state index contributed by atoms with van der Waals surface area (Å²) in [5, 5.41) is 10.1. The molecular formula is C15H21FO2. The van der Waals surface area contributed by atoms with Crippen LogP contribution in [0.3, 0.4) is 0 Å². The van der Waals surface area contributed by atoms with E-state index in [1.807, 2.05) is 0 Å². The summed E-state index contributed by atoms with van der Waals surface area (Å²) in [5.41, 5.74) is 0.568. The minimum Gasteiger partial charge on any atom is -0.487 e. The predicted octanol–water partition coefficient (Wildman–Crippen LogP) is 3.31. The van der Waals surface area contributed by atoms with Crippen molar-refractivity contribution in [3.63, 3.8) is 0 Å². The highest BCUT2D eigenvalue weighted by Crippen LogP contribution is 2.32. The SMILES string of the molecule is Cc1cc(OC2C(C)CC(C)CC2O)ccc1F. The zero-order valence-corrected chi connectivity index (χ0v) is 11.2. The third-order valence-electron chi connectivity index (χ3n) is 3.76. The van der Waals surface area contributed by atoms with Crippen LogP contribution >= 0.6 is 0 Å². The van der Waals surface area contributed by atoms with Gasteiger partial charge in [0, 0.05) is 0 Å². The van der Waals surface area contributed by atoms with Crippen LogP contribution in [0.15, 0.2) is 18.2 Å². The zero-order chi connectivity index (χ0) is 13.3. The van der Waals surface area contributed by atoms with Gasteiger partial charge in [0.25, 0.3) is 0 Å². The van der Waals surface area contributed by atoms with E-state index in [9.17, 15) is 9.50 Å². The molecule has 0 aromatic heterocycles. The van der Waals surface area contributed by atoms with Crippen molar-refractivity contribution in [1.29, 1.82) is 0 Å². The largest absolute Gasteiger partial charge is 0.487 e. The van der Waals surface area contributed by atoms with Crippen LogP contribution < -0.4 is 4.74 Å². The lowest BCUT2D eigenvalue weighted by atomic mass is 9.79. The van der Waals surface area contributed by atoms with E-state index in [-0.39, 0.29) is 11.9 Å². The molecule has 0 radical (unpaired) electrons. The Morgan fingerprint density at radius 3 is 2.61 bits per heavy atom. The zero-order valence-electron chi connectivity index (χ0n) is 11.2. The fourth-order valence-corrected chi connectivity index (χ4v) is 2.83. The second-order valence-corrected chi connectivity index (χ2v) is 5.61. The molecule has 0 bridgehead atoms. The van der Waals surface area contributed by atoms with Gasteiger partial charge in [-0.25, -0.2) is 4.39 Å². The molecule has 0 amide bonds. The number of ether oxygens (including phenoxy) is 1. The van der Waals surface area contributed by atoms with Crippen molar-refractivity contribution < 1.29 is 14.2 Å². The Hall–Kier alpha value is -1.09. The quantitative estimate of drug-likeness (QED) is 0.875. The van der Waals surface area contributed by atoms with Gasteiger partial charge < -0.3 is 9.84 Å². The van der Waals surface area contributed by atoms with Crippen molar-refractivity contribution in [2.45, 2.75) is 45.8 Å². The van der Waals surface area contributed by atoms with Crippen LogP contribution in [0, 0.1) is 24.6 Å². The molecule has 0 spiro atoms. The minimum atomic E-state index is -0.436. The van der Waals surface area contributed by atoms with Gasteiger partial charge in [0.05, 0.1) is 6.10 Å². The summed E-state index contributed by atoms with van der Waals surface area (Å²) < 4.78 is 19.0. The van der Waals surface area contributed by atoms with E-state index in [1.54, 1.807) is 19.1 Å². The molecule has 2 nitrogen and oxygen atoms in total. The Labute approximate surface area is 108 Å². The maximum atomic E-state index is 13.2. The maximum Gasteiger partial charge on any atom is 0.127 e. The van der Waals surface area contributed by atoms with E-state index >= 15 is 0 Å². The summed E-state index contributed by atoms with van der Waals surface area (Å²) in [5.74, 6) is 1.26. The van der Waals surface area contributed by atoms with E-state index in [0.717, 1.165) is 12.8 Å². The minimum absolute atomic E-state index is 0.189. The van der Waals surface area contributed by atoms with Gasteiger partial charge in [0.1, 0.15) is 17.7 Å². The molecule has 0 aliphatic heterocycles. The Balaban J connectivity index is 2.10. The number of aryl methyl sites for hydroxylation is 1. The molecule has 0 heterocycles. The summed E-state index contributed by atoms with van der Waals surface area (Å²) in [7, 11) is 0. The van der Waals surface area contributed by atoms with E-state index in [1.165, 1.54) is 6.07 Å². The van der Waals surface area contributed by atoms with E-state index < -0.39 is 6.10 Å². The number of hydrogen-bond acceptors (Lipinski definition) is 2. The lowest BCUT2D eigenvalue weighted by Crippen LogP contribution is -2.43. The Kier molecular flexibility index (Phi) is 3.91. The van der Waals surface area contributed by atoms with Crippen LogP contribution in [-0.4, -0.2) is 17.3 Å². The van der Waals surface area contributed by atoms with Gasteiger partial charge in [-0.15, -0.1) is 0 Å². The summed E-state index contributed by atoms with van der Waals surface area (Å²) in [6.07, 6.45) is 1.21. The molecule has 18 heavy (non-hydrogen) atoms. The van der Waals surface area contributed by atoms with Crippen LogP contribution in [0.5, 0.6) is 5.75 Å². The Morgan fingerprint density at radius 1 is 1.28 bits per heavy atom. The average Bonchev–Trinajstić information content (AvgIpc) is 2.28. The summed E-state index contributed by atoms with van der Waals surface area (Å²) in [6.45, 7) is 5.96. The van der Waals surface area contributed by atoms with Gasteiger partial charge in [-0.1, -0.05) is 13.8 Å². The highest BCUT2D eigenvalue weighted by atomic mass is 19.1. The lowest BCUT2D eigenvalue weighted by Gasteiger charge is -2.36. The van der Waals surface area contributed by atoms with Gasteiger partial charge in [0.15, 0.2) is 0 Å². The first kappa shape index (κ1) is 13.3. The van der Waals surface area contributed by atoms with Crippen molar-refractivity contribution in [1.82, 2.24) is 0 Å². The first-order chi connectivity index (χ1) is 8.47. The van der Waals surface area contributed by atoms with Crippen LogP contribution in [0.25, 0.3) is 0 Å². The van der Waals surface area contributed by atoms with Crippen LogP contribution in [0.1, 0.15) is 32.3 Å². The number of benzene rings is 1. The number of halogens is 1. The van der Waals surface area contributed by atoms with Gasteiger partial charge in [-0.05, 0) is 55.4 Å². The molecule has 1 aliphatic rings. The van der Waals surface area contributed by atoms with Crippen molar-refractivity contribution in [3.05, 3.63) is 29.6 Å². The molecule has 2 rings (SSSR count). The standard InChI is InChI=1S/C15H21FO2/c1-9-6-11(3)15(14(17)7-9)18-12-4-5-13(16)10(2)8-12/h4-5,8-9,11,14-15,17H,6-7H2,1-3H3. The number of aliphatic hydroxyl groups excluding tert-OH is 1. The molecule has 1 N–H and O–H groups in total.